The van der Waals surface area contributed by atoms with Crippen LogP contribution in [0.5, 0.6) is 0 Å². The van der Waals surface area contributed by atoms with Crippen molar-refractivity contribution in [1.29, 1.82) is 0 Å². The van der Waals surface area contributed by atoms with Crippen molar-refractivity contribution in [2.45, 2.75) is 121 Å². The zero-order valence-corrected chi connectivity index (χ0v) is 33.9. The molecule has 1 aromatic heterocycles. The van der Waals surface area contributed by atoms with Crippen molar-refractivity contribution < 1.29 is 29.1 Å². The first-order chi connectivity index (χ1) is 25.3. The van der Waals surface area contributed by atoms with Gasteiger partial charge in [0.25, 0.3) is 0 Å². The molecule has 3 aromatic rings. The molecule has 298 valence electrons. The number of amides is 1. The van der Waals surface area contributed by atoms with Crippen LogP contribution < -0.4 is 20.4 Å². The lowest BCUT2D eigenvalue weighted by molar-refractivity contribution is -0.140. The summed E-state index contributed by atoms with van der Waals surface area (Å²) in [6, 6.07) is 16.0. The van der Waals surface area contributed by atoms with E-state index in [0.717, 1.165) is 114 Å². The summed E-state index contributed by atoms with van der Waals surface area (Å²) in [6.45, 7) is 8.66. The van der Waals surface area contributed by atoms with E-state index in [0.29, 0.717) is 15.9 Å². The van der Waals surface area contributed by atoms with Gasteiger partial charge in [0, 0.05) is 46.0 Å². The molecule has 0 radical (unpaired) electrons. The van der Waals surface area contributed by atoms with Crippen molar-refractivity contribution in [3.63, 3.8) is 0 Å². The maximum absolute atomic E-state index is 13.0. The number of anilines is 3. The summed E-state index contributed by atoms with van der Waals surface area (Å²) in [4.78, 5) is 38.9. The molecule has 6 rings (SSSR count). The zero-order valence-electron chi connectivity index (χ0n) is 31.6. The third-order valence-electron chi connectivity index (χ3n) is 9.77. The van der Waals surface area contributed by atoms with Gasteiger partial charge in [-0.2, -0.15) is 0 Å². The minimum atomic E-state index is -0.734. The molecular formula is C40H56Cl3N5O6. The molecule has 11 nitrogen and oxygen atoms in total. The molecule has 0 aliphatic carbocycles. The van der Waals surface area contributed by atoms with Crippen molar-refractivity contribution in [2.24, 2.45) is 0 Å². The van der Waals surface area contributed by atoms with Gasteiger partial charge in [-0.1, -0.05) is 87.7 Å². The highest BCUT2D eigenvalue weighted by atomic mass is 35.5. The highest BCUT2D eigenvalue weighted by Gasteiger charge is 2.30. The molecule has 3 aliphatic rings. The highest BCUT2D eigenvalue weighted by molar-refractivity contribution is 6.30. The molecule has 54 heavy (non-hydrogen) atoms. The van der Waals surface area contributed by atoms with E-state index in [9.17, 15) is 19.5 Å². The van der Waals surface area contributed by atoms with E-state index in [-0.39, 0.29) is 35.8 Å². The molecule has 3 aliphatic heterocycles. The van der Waals surface area contributed by atoms with Crippen LogP contribution >= 0.6 is 35.6 Å². The summed E-state index contributed by atoms with van der Waals surface area (Å²) in [5.41, 5.74) is 1.82. The number of nitrogens with one attached hydrogen (secondary N) is 2. The smallest absolute Gasteiger partial charge is 0.326 e. The first kappa shape index (κ1) is 44.9. The van der Waals surface area contributed by atoms with Gasteiger partial charge in [0.15, 0.2) is 5.82 Å². The Morgan fingerprint density at radius 2 is 1.24 bits per heavy atom. The maximum atomic E-state index is 13.0. The number of hydrogen-bond acceptors (Lipinski definition) is 8. The number of hydrogen-bond donors (Lipinski definition) is 4. The molecule has 3 atom stereocenters. The van der Waals surface area contributed by atoms with Crippen LogP contribution in [0, 0.1) is 0 Å². The van der Waals surface area contributed by atoms with Crippen LogP contribution in [-0.2, 0) is 19.8 Å². The van der Waals surface area contributed by atoms with Gasteiger partial charge in [0.05, 0.1) is 0 Å². The van der Waals surface area contributed by atoms with Gasteiger partial charge < -0.3 is 35.2 Å². The van der Waals surface area contributed by atoms with Crippen molar-refractivity contribution >= 4 is 70.6 Å². The number of carbonyl (C=O) groups excluding carboxylic acids is 1. The molecule has 0 spiro atoms. The molecule has 1 amide bonds. The van der Waals surface area contributed by atoms with E-state index in [1.165, 1.54) is 0 Å². The Morgan fingerprint density at radius 1 is 0.741 bits per heavy atom. The van der Waals surface area contributed by atoms with Gasteiger partial charge in [0.1, 0.15) is 23.9 Å². The molecular weight excluding hydrogens is 753 g/mol. The average Bonchev–Trinajstić information content (AvgIpc) is 3.34. The lowest BCUT2D eigenvalue weighted by Gasteiger charge is -2.31. The standard InChI is InChI=1S/C20H26ClN3O2.C13H16ClNO2.C7H13NO2.ClH/c1-20(2,3)17-13-18(23-26-17)22-19(25)16-7-5-4-6-12-24(16)15-10-8-14(21)9-11-15;14-10-5-7-11(8-6-10)15-9-3-1-2-4-12(15)13(16)17;9-7(10)6-4-2-1-3-5-8-6;/h8-11,13,16H,4-7,12H2,1-3H3,(H,22,23,25);5-8,12H,1-4,9H2,(H,16,17);6,8H,1-5H2,(H,9,10);1H/t16-;12-;6-;/m000./s1. The van der Waals surface area contributed by atoms with E-state index in [1.54, 1.807) is 18.2 Å². The zero-order chi connectivity index (χ0) is 38.4. The Balaban J connectivity index is 0.000000240. The largest absolute Gasteiger partial charge is 0.480 e. The minimum absolute atomic E-state index is 0. The van der Waals surface area contributed by atoms with E-state index in [1.807, 2.05) is 62.1 Å². The average molecular weight is 809 g/mol. The van der Waals surface area contributed by atoms with Crippen LogP contribution in [0.25, 0.3) is 0 Å². The summed E-state index contributed by atoms with van der Waals surface area (Å²) in [6.07, 6.45) is 12.0. The summed E-state index contributed by atoms with van der Waals surface area (Å²) < 4.78 is 5.37. The number of aromatic nitrogens is 1. The van der Waals surface area contributed by atoms with Crippen LogP contribution in [0.1, 0.15) is 104 Å². The Kier molecular flexibility index (Phi) is 18.4. The van der Waals surface area contributed by atoms with E-state index < -0.39 is 18.0 Å². The van der Waals surface area contributed by atoms with Crippen LogP contribution in [0.2, 0.25) is 10.0 Å². The fourth-order valence-electron chi connectivity index (χ4n) is 6.77. The second kappa shape index (κ2) is 22.1. The number of aliphatic carboxylic acids is 2. The van der Waals surface area contributed by atoms with E-state index in [2.05, 4.69) is 20.7 Å². The Bertz CT molecular complexity index is 1590. The predicted molar refractivity (Wildman–Crippen MR) is 219 cm³/mol. The third kappa shape index (κ3) is 14.0. The number of benzene rings is 2. The van der Waals surface area contributed by atoms with Gasteiger partial charge in [0.2, 0.25) is 5.91 Å². The molecule has 4 heterocycles. The summed E-state index contributed by atoms with van der Waals surface area (Å²) in [5.74, 6) is -0.261. The van der Waals surface area contributed by atoms with Crippen LogP contribution in [0.3, 0.4) is 0 Å². The van der Waals surface area contributed by atoms with Crippen LogP contribution in [-0.4, -0.2) is 71.0 Å². The van der Waals surface area contributed by atoms with Gasteiger partial charge in [-0.25, -0.2) is 4.79 Å². The molecule has 0 unspecified atom stereocenters. The number of nitrogens with zero attached hydrogens (tertiary/aromatic N) is 3. The Morgan fingerprint density at radius 3 is 1.74 bits per heavy atom. The third-order valence-corrected chi connectivity index (χ3v) is 10.3. The normalized spacial score (nSPS) is 20.6. The molecule has 2 aromatic carbocycles. The summed E-state index contributed by atoms with van der Waals surface area (Å²) in [7, 11) is 0. The number of carboxylic acids is 2. The Hall–Kier alpha value is -3.51. The number of carbonyl (C=O) groups is 3. The fourth-order valence-corrected chi connectivity index (χ4v) is 7.02. The van der Waals surface area contributed by atoms with Crippen molar-refractivity contribution in [3.05, 3.63) is 70.4 Å². The van der Waals surface area contributed by atoms with E-state index >= 15 is 0 Å². The molecule has 3 fully saturated rings. The first-order valence-corrected chi connectivity index (χ1v) is 19.6. The fraction of sp³-hybridized carbons (Fsp3) is 0.550. The maximum Gasteiger partial charge on any atom is 0.326 e. The monoisotopic (exact) mass is 807 g/mol. The first-order valence-electron chi connectivity index (χ1n) is 18.8. The minimum Gasteiger partial charge on any atom is -0.480 e. The quantitative estimate of drug-likeness (QED) is 0.190. The van der Waals surface area contributed by atoms with Crippen molar-refractivity contribution in [3.8, 4) is 0 Å². The van der Waals surface area contributed by atoms with Gasteiger partial charge in [-0.05, 0) is 93.6 Å². The lowest BCUT2D eigenvalue weighted by Crippen LogP contribution is -2.44. The van der Waals surface area contributed by atoms with Crippen molar-refractivity contribution in [2.75, 3.05) is 34.8 Å². The second-order valence-electron chi connectivity index (χ2n) is 14.9. The predicted octanol–water partition coefficient (Wildman–Crippen LogP) is 9.21. The van der Waals surface area contributed by atoms with Gasteiger partial charge in [-0.15, -0.1) is 12.4 Å². The van der Waals surface area contributed by atoms with Crippen molar-refractivity contribution in [1.82, 2.24) is 10.5 Å². The molecule has 0 saturated carbocycles. The lowest BCUT2D eigenvalue weighted by atomic mass is 9.93. The second-order valence-corrected chi connectivity index (χ2v) is 15.8. The number of halogens is 3. The molecule has 14 heteroatoms. The SMILES string of the molecule is CC(C)(C)c1cc(NC(=O)[C@@H]2CCCCCN2c2ccc(Cl)cc2)no1.Cl.O=C(O)[C@@H]1CCCCCN1.O=C(O)[C@@H]1CCCCCN1c1ccc(Cl)cc1. The van der Waals surface area contributed by atoms with Crippen LogP contribution in [0.4, 0.5) is 17.2 Å². The topological polar surface area (TPSA) is 148 Å². The number of carboxylic acid groups (broad SMARTS) is 2. The van der Waals surface area contributed by atoms with E-state index in [4.69, 9.17) is 32.8 Å². The van der Waals surface area contributed by atoms with Crippen LogP contribution in [0.15, 0.2) is 59.1 Å². The van der Waals surface area contributed by atoms with Gasteiger partial charge in [-0.3, -0.25) is 9.59 Å². The summed E-state index contributed by atoms with van der Waals surface area (Å²) >= 11 is 11.9. The summed E-state index contributed by atoms with van der Waals surface area (Å²) in [5, 5.41) is 29.2. The molecule has 4 N–H and O–H groups in total. The Labute approximate surface area is 335 Å². The number of rotatable bonds is 6. The molecule has 0 bridgehead atoms. The van der Waals surface area contributed by atoms with Gasteiger partial charge >= 0.3 is 11.9 Å². The highest BCUT2D eigenvalue weighted by Crippen LogP contribution is 2.29. The molecule has 3 saturated heterocycles.